The van der Waals surface area contributed by atoms with Gasteiger partial charge in [0.15, 0.2) is 0 Å². The second-order valence-corrected chi connectivity index (χ2v) is 5.88. The Labute approximate surface area is 91.7 Å². The summed E-state index contributed by atoms with van der Waals surface area (Å²) >= 11 is 0. The van der Waals surface area contributed by atoms with E-state index in [-0.39, 0.29) is 0 Å². The lowest BCUT2D eigenvalue weighted by atomic mass is 10.2. The van der Waals surface area contributed by atoms with Gasteiger partial charge in [0.2, 0.25) is 0 Å². The molecule has 0 radical (unpaired) electrons. The van der Waals surface area contributed by atoms with Crippen LogP contribution in [-0.2, 0) is 13.3 Å². The van der Waals surface area contributed by atoms with Gasteiger partial charge < -0.3 is 13.3 Å². The molecule has 0 aromatic heterocycles. The van der Waals surface area contributed by atoms with Crippen molar-refractivity contribution in [3.63, 3.8) is 0 Å². The van der Waals surface area contributed by atoms with Crippen LogP contribution in [0.2, 0.25) is 6.55 Å². The molecule has 0 saturated heterocycles. The fraction of sp³-hybridized carbons (Fsp3) is 0.273. The molecule has 0 aliphatic rings. The summed E-state index contributed by atoms with van der Waals surface area (Å²) in [6.07, 6.45) is 3.50. The molecular formula is C11H16O3Si. The topological polar surface area (TPSA) is 27.7 Å². The summed E-state index contributed by atoms with van der Waals surface area (Å²) in [5, 5.41) is 0. The molecule has 0 aliphatic carbocycles. The highest BCUT2D eigenvalue weighted by Gasteiger charge is 2.32. The van der Waals surface area contributed by atoms with E-state index in [1.165, 1.54) is 0 Å². The summed E-state index contributed by atoms with van der Waals surface area (Å²) in [6, 6.07) is 9.92. The molecule has 4 heteroatoms. The second kappa shape index (κ2) is 5.70. The van der Waals surface area contributed by atoms with Crippen LogP contribution in [0.25, 0.3) is 6.08 Å². The SMILES string of the molecule is CO[Si](C)(OC)OC=Cc1ccccc1. The van der Waals surface area contributed by atoms with Crippen molar-refractivity contribution >= 4 is 14.9 Å². The van der Waals surface area contributed by atoms with Crippen molar-refractivity contribution in [3.05, 3.63) is 42.2 Å². The molecule has 0 bridgehead atoms. The van der Waals surface area contributed by atoms with E-state index in [1.807, 2.05) is 43.0 Å². The largest absolute Gasteiger partial charge is 0.561 e. The molecular weight excluding hydrogens is 208 g/mol. The van der Waals surface area contributed by atoms with E-state index in [1.54, 1.807) is 20.5 Å². The molecule has 0 unspecified atom stereocenters. The van der Waals surface area contributed by atoms with Crippen molar-refractivity contribution < 1.29 is 13.3 Å². The van der Waals surface area contributed by atoms with E-state index < -0.39 is 8.80 Å². The Morgan fingerprint density at radius 2 is 1.67 bits per heavy atom. The Morgan fingerprint density at radius 1 is 1.07 bits per heavy atom. The summed E-state index contributed by atoms with van der Waals surface area (Å²) in [5.74, 6) is 0. The maximum atomic E-state index is 5.45. The first-order chi connectivity index (χ1) is 7.20. The molecule has 0 saturated carbocycles. The fourth-order valence-electron chi connectivity index (χ4n) is 0.980. The minimum atomic E-state index is -2.44. The van der Waals surface area contributed by atoms with Crippen LogP contribution in [0, 0.1) is 0 Å². The zero-order chi connectivity index (χ0) is 11.1. The number of benzene rings is 1. The van der Waals surface area contributed by atoms with Gasteiger partial charge in [-0.2, -0.15) is 0 Å². The average molecular weight is 224 g/mol. The van der Waals surface area contributed by atoms with Crippen LogP contribution in [0.15, 0.2) is 36.6 Å². The number of hydrogen-bond acceptors (Lipinski definition) is 3. The second-order valence-electron chi connectivity index (χ2n) is 3.10. The van der Waals surface area contributed by atoms with E-state index in [9.17, 15) is 0 Å². The van der Waals surface area contributed by atoms with Crippen molar-refractivity contribution in [3.8, 4) is 0 Å². The molecule has 82 valence electrons. The highest BCUT2D eigenvalue weighted by molar-refractivity contribution is 6.59. The zero-order valence-corrected chi connectivity index (χ0v) is 10.3. The average Bonchev–Trinajstić information content (AvgIpc) is 2.30. The van der Waals surface area contributed by atoms with Gasteiger partial charge in [0.1, 0.15) is 0 Å². The summed E-state index contributed by atoms with van der Waals surface area (Å²) in [4.78, 5) is 0. The quantitative estimate of drug-likeness (QED) is 0.568. The Balaban J connectivity index is 2.53. The summed E-state index contributed by atoms with van der Waals surface area (Å²) in [6.45, 7) is 1.84. The highest BCUT2D eigenvalue weighted by Crippen LogP contribution is 2.08. The molecule has 0 heterocycles. The van der Waals surface area contributed by atoms with E-state index in [2.05, 4.69) is 0 Å². The Morgan fingerprint density at radius 3 is 2.20 bits per heavy atom. The fourth-order valence-corrected chi connectivity index (χ4v) is 1.65. The zero-order valence-electron chi connectivity index (χ0n) is 9.27. The smallest absolute Gasteiger partial charge is 0.507 e. The predicted octanol–water partition coefficient (Wildman–Crippen LogP) is 2.54. The minimum absolute atomic E-state index is 1.08. The molecule has 0 N–H and O–H groups in total. The summed E-state index contributed by atoms with van der Waals surface area (Å²) < 4.78 is 15.8. The van der Waals surface area contributed by atoms with Crippen LogP contribution < -0.4 is 0 Å². The van der Waals surface area contributed by atoms with Gasteiger partial charge >= 0.3 is 8.80 Å². The van der Waals surface area contributed by atoms with Gasteiger partial charge in [0.05, 0.1) is 6.26 Å². The molecule has 3 nitrogen and oxygen atoms in total. The van der Waals surface area contributed by atoms with Gasteiger partial charge in [-0.15, -0.1) is 0 Å². The van der Waals surface area contributed by atoms with Gasteiger partial charge in [0.25, 0.3) is 0 Å². The predicted molar refractivity (Wildman–Crippen MR) is 62.2 cm³/mol. The van der Waals surface area contributed by atoms with Gasteiger partial charge in [0, 0.05) is 20.8 Å². The standard InChI is InChI=1S/C11H16O3Si/c1-12-15(3,13-2)14-10-9-11-7-5-4-6-8-11/h4-10H,1-3H3. The van der Waals surface area contributed by atoms with Gasteiger partial charge in [-0.25, -0.2) is 0 Å². The molecule has 0 amide bonds. The molecule has 0 aliphatic heterocycles. The molecule has 0 spiro atoms. The van der Waals surface area contributed by atoms with Crippen LogP contribution >= 0.6 is 0 Å². The molecule has 1 aromatic rings. The minimum Gasteiger partial charge on any atom is -0.507 e. The van der Waals surface area contributed by atoms with Crippen molar-refractivity contribution in [1.82, 2.24) is 0 Å². The van der Waals surface area contributed by atoms with E-state index >= 15 is 0 Å². The highest BCUT2D eigenvalue weighted by atomic mass is 28.4. The monoisotopic (exact) mass is 224 g/mol. The van der Waals surface area contributed by atoms with Crippen molar-refractivity contribution in [1.29, 1.82) is 0 Å². The van der Waals surface area contributed by atoms with Crippen LogP contribution in [0.4, 0.5) is 0 Å². The molecule has 15 heavy (non-hydrogen) atoms. The summed E-state index contributed by atoms with van der Waals surface area (Å²) in [5.41, 5.74) is 1.08. The van der Waals surface area contributed by atoms with E-state index in [4.69, 9.17) is 13.3 Å². The normalized spacial score (nSPS) is 11.9. The Kier molecular flexibility index (Phi) is 4.55. The lowest BCUT2D eigenvalue weighted by Crippen LogP contribution is -2.38. The van der Waals surface area contributed by atoms with Crippen molar-refractivity contribution in [2.45, 2.75) is 6.55 Å². The first kappa shape index (κ1) is 12.0. The molecule has 1 aromatic carbocycles. The van der Waals surface area contributed by atoms with Crippen molar-refractivity contribution in [2.24, 2.45) is 0 Å². The third-order valence-corrected chi connectivity index (χ3v) is 4.13. The third kappa shape index (κ3) is 3.87. The lowest BCUT2D eigenvalue weighted by Gasteiger charge is -2.19. The molecule has 1 rings (SSSR count). The van der Waals surface area contributed by atoms with Gasteiger partial charge in [-0.05, 0) is 11.6 Å². The maximum Gasteiger partial charge on any atom is 0.561 e. The van der Waals surface area contributed by atoms with Crippen LogP contribution in [0.5, 0.6) is 0 Å². The van der Waals surface area contributed by atoms with E-state index in [0.29, 0.717) is 0 Å². The Hall–Kier alpha value is -1.10. The first-order valence-electron chi connectivity index (χ1n) is 4.70. The van der Waals surface area contributed by atoms with Crippen LogP contribution in [0.1, 0.15) is 5.56 Å². The first-order valence-corrected chi connectivity index (χ1v) is 6.92. The molecule has 0 fully saturated rings. The Bertz CT molecular complexity index is 307. The number of hydrogen-bond donors (Lipinski definition) is 0. The van der Waals surface area contributed by atoms with Crippen molar-refractivity contribution in [2.75, 3.05) is 14.2 Å². The summed E-state index contributed by atoms with van der Waals surface area (Å²) in [7, 11) is 0.741. The lowest BCUT2D eigenvalue weighted by molar-refractivity contribution is 0.150. The molecule has 0 atom stereocenters. The number of rotatable bonds is 5. The van der Waals surface area contributed by atoms with Gasteiger partial charge in [-0.3, -0.25) is 0 Å². The van der Waals surface area contributed by atoms with E-state index in [0.717, 1.165) is 5.56 Å². The van der Waals surface area contributed by atoms with Crippen LogP contribution in [0.3, 0.4) is 0 Å². The maximum absolute atomic E-state index is 5.45. The van der Waals surface area contributed by atoms with Crippen LogP contribution in [-0.4, -0.2) is 23.0 Å². The van der Waals surface area contributed by atoms with Gasteiger partial charge in [-0.1, -0.05) is 30.3 Å². The third-order valence-electron chi connectivity index (χ3n) is 2.08.